The number of carbonyl (C=O) groups excluding carboxylic acids is 1. The molecule has 1 saturated heterocycles. The van der Waals surface area contributed by atoms with Gasteiger partial charge in [0.1, 0.15) is 4.90 Å². The molecule has 2 aliphatic carbocycles. The summed E-state index contributed by atoms with van der Waals surface area (Å²) in [4.78, 5) is 13.1. The van der Waals surface area contributed by atoms with Crippen molar-refractivity contribution in [1.82, 2.24) is 19.4 Å². The summed E-state index contributed by atoms with van der Waals surface area (Å²) in [5.74, 6) is 1.94. The maximum absolute atomic E-state index is 13.0. The van der Waals surface area contributed by atoms with Crippen molar-refractivity contribution in [2.75, 3.05) is 13.1 Å². The van der Waals surface area contributed by atoms with Gasteiger partial charge in [-0.15, -0.1) is 0 Å². The maximum Gasteiger partial charge on any atom is 0.246 e. The van der Waals surface area contributed by atoms with Crippen LogP contribution in [0.3, 0.4) is 0 Å². The molecule has 0 unspecified atom stereocenters. The molecule has 1 aromatic heterocycles. The quantitative estimate of drug-likeness (QED) is 0.808. The van der Waals surface area contributed by atoms with Crippen LogP contribution in [0.5, 0.6) is 0 Å². The lowest BCUT2D eigenvalue weighted by molar-refractivity contribution is -0.127. The summed E-state index contributed by atoms with van der Waals surface area (Å²) in [6, 6.07) is 0.176. The highest BCUT2D eigenvalue weighted by Crippen LogP contribution is 2.49. The van der Waals surface area contributed by atoms with Crippen LogP contribution in [0.1, 0.15) is 51.1 Å². The predicted octanol–water partition coefficient (Wildman–Crippen LogP) is 2.07. The Bertz CT molecular complexity index is 850. The van der Waals surface area contributed by atoms with E-state index in [1.807, 2.05) is 0 Å². The van der Waals surface area contributed by atoms with Crippen LogP contribution in [-0.2, 0) is 21.9 Å². The lowest BCUT2D eigenvalue weighted by atomic mass is 9.83. The molecule has 2 bridgehead atoms. The van der Waals surface area contributed by atoms with Crippen molar-refractivity contribution in [3.05, 3.63) is 11.9 Å². The Kier molecular flexibility index (Phi) is 5.29. The van der Waals surface area contributed by atoms with Gasteiger partial charge >= 0.3 is 0 Å². The van der Waals surface area contributed by atoms with E-state index in [-0.39, 0.29) is 29.3 Å². The highest BCUT2D eigenvalue weighted by Gasteiger charge is 2.43. The minimum absolute atomic E-state index is 0.0121. The van der Waals surface area contributed by atoms with Crippen LogP contribution in [-0.4, -0.2) is 47.5 Å². The number of sulfonamides is 1. The molecule has 5 atom stereocenters. The molecule has 0 spiro atoms. The number of hydrogen-bond acceptors (Lipinski definition) is 4. The molecule has 156 valence electrons. The summed E-state index contributed by atoms with van der Waals surface area (Å²) in [5.41, 5.74) is 0.622. The first-order valence-corrected chi connectivity index (χ1v) is 12.0. The van der Waals surface area contributed by atoms with Crippen LogP contribution in [0, 0.1) is 30.6 Å². The van der Waals surface area contributed by atoms with Gasteiger partial charge in [0.05, 0.1) is 17.8 Å². The molecule has 0 radical (unpaired) electrons. The molecule has 1 aromatic rings. The number of hydrogen-bond donors (Lipinski definition) is 1. The number of aryl methyl sites for hydroxylation is 1. The Balaban J connectivity index is 1.40. The fraction of sp³-hybridized carbons (Fsp3) is 0.800. The van der Waals surface area contributed by atoms with E-state index in [2.05, 4.69) is 17.3 Å². The third-order valence-corrected chi connectivity index (χ3v) is 9.34. The Morgan fingerprint density at radius 2 is 2.07 bits per heavy atom. The molecule has 4 rings (SSSR count). The third kappa shape index (κ3) is 3.49. The highest BCUT2D eigenvalue weighted by atomic mass is 32.2. The lowest BCUT2D eigenvalue weighted by Crippen LogP contribution is -2.48. The van der Waals surface area contributed by atoms with Gasteiger partial charge in [-0.2, -0.15) is 9.40 Å². The van der Waals surface area contributed by atoms with Crippen molar-refractivity contribution in [3.63, 3.8) is 0 Å². The maximum atomic E-state index is 13.0. The van der Waals surface area contributed by atoms with Crippen molar-refractivity contribution in [3.8, 4) is 0 Å². The number of carbonyl (C=O) groups is 1. The molecule has 0 aromatic carbocycles. The first-order chi connectivity index (χ1) is 13.3. The minimum Gasteiger partial charge on any atom is -0.353 e. The van der Waals surface area contributed by atoms with Crippen molar-refractivity contribution >= 4 is 15.9 Å². The van der Waals surface area contributed by atoms with Gasteiger partial charge in [-0.1, -0.05) is 6.42 Å². The SMILES string of the molecule is Cc1c(S(=O)(=O)N2CCC[C@H](C(=O)N[C@H](C)[C@H]3C[C@H]4CC[C@H]3C4)C2)cnn1C. The van der Waals surface area contributed by atoms with Gasteiger partial charge in [0.15, 0.2) is 0 Å². The molecule has 2 heterocycles. The third-order valence-electron chi connectivity index (χ3n) is 7.37. The largest absolute Gasteiger partial charge is 0.353 e. The number of fused-ring (bicyclic) bond motifs is 2. The second-order valence-electron chi connectivity index (χ2n) is 9.06. The van der Waals surface area contributed by atoms with Crippen molar-refractivity contribution < 1.29 is 13.2 Å². The summed E-state index contributed by atoms with van der Waals surface area (Å²) in [7, 11) is -1.89. The van der Waals surface area contributed by atoms with Gasteiger partial charge in [0, 0.05) is 26.2 Å². The standard InChI is InChI=1S/C20H32N4O3S/c1-13(18-10-15-6-7-16(18)9-15)22-20(25)17-5-4-8-24(12-17)28(26,27)19-11-21-23(3)14(19)2/h11,13,15-18H,4-10,12H2,1-3H3,(H,22,25)/t13-,15+,16+,17+,18-/m1/s1. The van der Waals surface area contributed by atoms with E-state index in [1.165, 1.54) is 36.2 Å². The van der Waals surface area contributed by atoms with Crippen molar-refractivity contribution in [1.29, 1.82) is 0 Å². The summed E-state index contributed by atoms with van der Waals surface area (Å²) >= 11 is 0. The first-order valence-electron chi connectivity index (χ1n) is 10.6. The number of piperidine rings is 1. The zero-order valence-corrected chi connectivity index (χ0v) is 17.9. The predicted molar refractivity (Wildman–Crippen MR) is 106 cm³/mol. The van der Waals surface area contributed by atoms with E-state index in [1.54, 1.807) is 18.7 Å². The van der Waals surface area contributed by atoms with Crippen molar-refractivity contribution in [2.24, 2.45) is 30.7 Å². The number of nitrogens with one attached hydrogen (secondary N) is 1. The zero-order chi connectivity index (χ0) is 20.1. The Morgan fingerprint density at radius 3 is 2.68 bits per heavy atom. The molecule has 1 N–H and O–H groups in total. The van der Waals surface area contributed by atoms with Crippen molar-refractivity contribution in [2.45, 2.75) is 63.3 Å². The second kappa shape index (κ2) is 7.44. The van der Waals surface area contributed by atoms with Crippen LogP contribution >= 0.6 is 0 Å². The Morgan fingerprint density at radius 1 is 1.29 bits per heavy atom. The van der Waals surface area contributed by atoms with Crippen LogP contribution in [0.15, 0.2) is 11.1 Å². The Hall–Kier alpha value is -1.41. The summed E-state index contributed by atoms with van der Waals surface area (Å²) < 4.78 is 29.1. The molecule has 7 nitrogen and oxygen atoms in total. The number of rotatable bonds is 5. The number of amides is 1. The van der Waals surface area contributed by atoms with Gasteiger partial charge in [-0.25, -0.2) is 8.42 Å². The first kappa shape index (κ1) is 19.9. The topological polar surface area (TPSA) is 84.3 Å². The molecule has 3 fully saturated rings. The van der Waals surface area contributed by atoms with E-state index in [4.69, 9.17) is 0 Å². The van der Waals surface area contributed by atoms with E-state index >= 15 is 0 Å². The summed E-state index contributed by atoms with van der Waals surface area (Å²) in [6.45, 7) is 4.60. The van der Waals surface area contributed by atoms with E-state index in [0.29, 0.717) is 24.6 Å². The van der Waals surface area contributed by atoms with E-state index < -0.39 is 10.0 Å². The smallest absolute Gasteiger partial charge is 0.246 e. The molecule has 8 heteroatoms. The normalized spacial score (nSPS) is 31.8. The molecule has 28 heavy (non-hydrogen) atoms. The second-order valence-corrected chi connectivity index (χ2v) is 11.0. The number of nitrogens with zero attached hydrogens (tertiary/aromatic N) is 3. The highest BCUT2D eigenvalue weighted by molar-refractivity contribution is 7.89. The monoisotopic (exact) mass is 408 g/mol. The molecule has 3 aliphatic rings. The van der Waals surface area contributed by atoms with Gasteiger partial charge in [-0.3, -0.25) is 9.48 Å². The minimum atomic E-state index is -3.62. The average Bonchev–Trinajstić information content (AvgIpc) is 3.39. The molecule has 2 saturated carbocycles. The van der Waals surface area contributed by atoms with E-state index in [0.717, 1.165) is 18.3 Å². The van der Waals surface area contributed by atoms with E-state index in [9.17, 15) is 13.2 Å². The fourth-order valence-electron chi connectivity index (χ4n) is 5.60. The van der Waals surface area contributed by atoms with Crippen LogP contribution < -0.4 is 5.32 Å². The van der Waals surface area contributed by atoms with Crippen LogP contribution in [0.25, 0.3) is 0 Å². The van der Waals surface area contributed by atoms with Gasteiger partial charge in [0.2, 0.25) is 15.9 Å². The fourth-order valence-corrected chi connectivity index (χ4v) is 7.31. The summed E-state index contributed by atoms with van der Waals surface area (Å²) in [6.07, 6.45) is 8.07. The van der Waals surface area contributed by atoms with Crippen LogP contribution in [0.4, 0.5) is 0 Å². The zero-order valence-electron chi connectivity index (χ0n) is 17.1. The van der Waals surface area contributed by atoms with Crippen LogP contribution in [0.2, 0.25) is 0 Å². The number of aromatic nitrogens is 2. The van der Waals surface area contributed by atoms with Gasteiger partial charge in [0.25, 0.3) is 0 Å². The van der Waals surface area contributed by atoms with Gasteiger partial charge in [-0.05, 0) is 63.7 Å². The van der Waals surface area contributed by atoms with Gasteiger partial charge < -0.3 is 5.32 Å². The molecule has 1 amide bonds. The average molecular weight is 409 g/mol. The molecule has 1 aliphatic heterocycles. The molecular weight excluding hydrogens is 376 g/mol. The molecular formula is C20H32N4O3S. The lowest BCUT2D eigenvalue weighted by Gasteiger charge is -2.33. The summed E-state index contributed by atoms with van der Waals surface area (Å²) in [5, 5.41) is 7.29. The Labute approximate surface area is 167 Å².